The highest BCUT2D eigenvalue weighted by atomic mass is 32.1. The van der Waals surface area contributed by atoms with Gasteiger partial charge >= 0.3 is 0 Å². The summed E-state index contributed by atoms with van der Waals surface area (Å²) in [6, 6.07) is 53.6. The lowest BCUT2D eigenvalue weighted by Gasteiger charge is -2.14. The number of hydrogen-bond acceptors (Lipinski definition) is 3. The number of thiophene rings is 1. The first-order valence-electron chi connectivity index (χ1n) is 14.8. The fourth-order valence-corrected chi connectivity index (χ4v) is 7.60. The maximum atomic E-state index is 5.25. The lowest BCUT2D eigenvalue weighted by Crippen LogP contribution is -1.98. The van der Waals surface area contributed by atoms with E-state index in [9.17, 15) is 0 Å². The predicted molar refractivity (Wildman–Crippen MR) is 186 cm³/mol. The van der Waals surface area contributed by atoms with Crippen molar-refractivity contribution in [1.82, 2.24) is 14.5 Å². The smallest absolute Gasteiger partial charge is 0.160 e. The van der Waals surface area contributed by atoms with Crippen molar-refractivity contribution in [3.8, 4) is 39.6 Å². The second kappa shape index (κ2) is 10.0. The Morgan fingerprint density at radius 1 is 0.455 bits per heavy atom. The van der Waals surface area contributed by atoms with E-state index in [0.717, 1.165) is 39.6 Å². The first kappa shape index (κ1) is 25.0. The Bertz CT molecular complexity index is 2380. The van der Waals surface area contributed by atoms with Crippen LogP contribution in [0.25, 0.3) is 81.6 Å². The minimum absolute atomic E-state index is 0.721. The molecular formula is C40H25N3S. The van der Waals surface area contributed by atoms with E-state index < -0.39 is 0 Å². The Hall–Kier alpha value is -5.58. The van der Waals surface area contributed by atoms with Gasteiger partial charge in [0.15, 0.2) is 5.82 Å². The van der Waals surface area contributed by atoms with E-state index in [-0.39, 0.29) is 0 Å². The van der Waals surface area contributed by atoms with Crippen LogP contribution in [0.5, 0.6) is 0 Å². The second-order valence-corrected chi connectivity index (χ2v) is 12.1. The zero-order valence-corrected chi connectivity index (χ0v) is 24.5. The van der Waals surface area contributed by atoms with Crippen LogP contribution in [0, 0.1) is 0 Å². The van der Waals surface area contributed by atoms with E-state index in [1.807, 2.05) is 35.6 Å². The fraction of sp³-hybridized carbons (Fsp3) is 0. The van der Waals surface area contributed by atoms with Gasteiger partial charge in [0, 0.05) is 53.3 Å². The SMILES string of the molecule is c1ccc(-c2cc(-c3cc(-n4c5ccccc5c5ccccc54)cc4c3sc3ccccc34)nc(-c3ccccc3)n2)cc1. The summed E-state index contributed by atoms with van der Waals surface area (Å²) in [6.45, 7) is 0. The highest BCUT2D eigenvalue weighted by Gasteiger charge is 2.19. The molecule has 3 nitrogen and oxygen atoms in total. The maximum Gasteiger partial charge on any atom is 0.160 e. The van der Waals surface area contributed by atoms with E-state index in [4.69, 9.17) is 9.97 Å². The summed E-state index contributed by atoms with van der Waals surface area (Å²) < 4.78 is 4.90. The highest BCUT2D eigenvalue weighted by Crippen LogP contribution is 2.43. The summed E-state index contributed by atoms with van der Waals surface area (Å²) in [5, 5.41) is 5.00. The van der Waals surface area contributed by atoms with Gasteiger partial charge in [-0.15, -0.1) is 11.3 Å². The fourth-order valence-electron chi connectivity index (χ4n) is 6.39. The standard InChI is InChI=1S/C40H25N3S/c1-3-13-26(14-4-1)34-25-35(42-40(41-34)27-15-5-2-6-16-27)33-24-28(23-32-31-19-9-12-22-38(31)44-39(32)33)43-36-20-10-7-17-29(36)30-18-8-11-21-37(30)43/h1-25H. The van der Waals surface area contributed by atoms with Gasteiger partial charge in [-0.1, -0.05) is 115 Å². The molecule has 3 heterocycles. The number of aromatic nitrogens is 3. The van der Waals surface area contributed by atoms with Crippen molar-refractivity contribution in [2.45, 2.75) is 0 Å². The Balaban J connectivity index is 1.40. The highest BCUT2D eigenvalue weighted by molar-refractivity contribution is 7.26. The van der Waals surface area contributed by atoms with E-state index in [0.29, 0.717) is 0 Å². The molecule has 9 rings (SSSR count). The van der Waals surface area contributed by atoms with Crippen molar-refractivity contribution in [1.29, 1.82) is 0 Å². The molecule has 0 bridgehead atoms. The Kier molecular flexibility index (Phi) is 5.68. The van der Waals surface area contributed by atoms with Gasteiger partial charge in [-0.2, -0.15) is 0 Å². The molecule has 0 saturated heterocycles. The van der Waals surface area contributed by atoms with Gasteiger partial charge in [0.2, 0.25) is 0 Å². The number of hydrogen-bond donors (Lipinski definition) is 0. The lowest BCUT2D eigenvalue weighted by atomic mass is 10.0. The van der Waals surface area contributed by atoms with Gasteiger partial charge in [-0.3, -0.25) is 0 Å². The molecule has 0 amide bonds. The lowest BCUT2D eigenvalue weighted by molar-refractivity contribution is 1.17. The molecule has 0 fully saturated rings. The normalized spacial score (nSPS) is 11.6. The Morgan fingerprint density at radius 2 is 1.02 bits per heavy atom. The molecule has 4 heteroatoms. The topological polar surface area (TPSA) is 30.7 Å². The van der Waals surface area contributed by atoms with E-state index >= 15 is 0 Å². The summed E-state index contributed by atoms with van der Waals surface area (Å²) in [7, 11) is 0. The molecule has 0 unspecified atom stereocenters. The minimum atomic E-state index is 0.721. The average molecular weight is 580 g/mol. The largest absolute Gasteiger partial charge is 0.309 e. The molecular weight excluding hydrogens is 555 g/mol. The maximum absolute atomic E-state index is 5.25. The molecule has 0 atom stereocenters. The summed E-state index contributed by atoms with van der Waals surface area (Å²) in [6.07, 6.45) is 0. The predicted octanol–water partition coefficient (Wildman–Crippen LogP) is 10.9. The first-order valence-corrected chi connectivity index (χ1v) is 15.6. The molecule has 206 valence electrons. The molecule has 6 aromatic carbocycles. The van der Waals surface area contributed by atoms with Crippen LogP contribution in [0.1, 0.15) is 0 Å². The molecule has 3 aromatic heterocycles. The zero-order valence-electron chi connectivity index (χ0n) is 23.7. The molecule has 0 aliphatic rings. The quantitative estimate of drug-likeness (QED) is 0.208. The molecule has 0 N–H and O–H groups in total. The van der Waals surface area contributed by atoms with Crippen molar-refractivity contribution in [3.63, 3.8) is 0 Å². The third-order valence-electron chi connectivity index (χ3n) is 8.40. The number of para-hydroxylation sites is 2. The summed E-state index contributed by atoms with van der Waals surface area (Å²) in [5.74, 6) is 0.721. The van der Waals surface area contributed by atoms with Crippen molar-refractivity contribution < 1.29 is 0 Å². The van der Waals surface area contributed by atoms with Gasteiger partial charge < -0.3 is 4.57 Å². The molecule has 0 saturated carbocycles. The number of fused-ring (bicyclic) bond motifs is 6. The van der Waals surface area contributed by atoms with Gasteiger partial charge in [-0.05, 0) is 36.4 Å². The van der Waals surface area contributed by atoms with Gasteiger partial charge in [0.25, 0.3) is 0 Å². The third-order valence-corrected chi connectivity index (χ3v) is 9.62. The summed E-state index contributed by atoms with van der Waals surface area (Å²) in [5.41, 5.74) is 8.50. The minimum Gasteiger partial charge on any atom is -0.309 e. The summed E-state index contributed by atoms with van der Waals surface area (Å²) in [4.78, 5) is 10.3. The van der Waals surface area contributed by atoms with Crippen LogP contribution in [-0.2, 0) is 0 Å². The van der Waals surface area contributed by atoms with Crippen LogP contribution in [0.4, 0.5) is 0 Å². The molecule has 0 aliphatic heterocycles. The van der Waals surface area contributed by atoms with E-state index in [1.165, 1.54) is 42.0 Å². The van der Waals surface area contributed by atoms with Crippen molar-refractivity contribution in [3.05, 3.63) is 152 Å². The van der Waals surface area contributed by atoms with Crippen molar-refractivity contribution in [2.24, 2.45) is 0 Å². The number of rotatable bonds is 4. The average Bonchev–Trinajstić information content (AvgIpc) is 3.64. The molecule has 0 spiro atoms. The number of benzene rings is 6. The number of nitrogens with zero attached hydrogens (tertiary/aromatic N) is 3. The molecule has 0 radical (unpaired) electrons. The second-order valence-electron chi connectivity index (χ2n) is 11.0. The van der Waals surface area contributed by atoms with Gasteiger partial charge in [0.1, 0.15) is 0 Å². The van der Waals surface area contributed by atoms with E-state index in [1.54, 1.807) is 0 Å². The van der Waals surface area contributed by atoms with Crippen molar-refractivity contribution >= 4 is 53.3 Å². The monoisotopic (exact) mass is 579 g/mol. The van der Waals surface area contributed by atoms with E-state index in [2.05, 4.69) is 132 Å². The van der Waals surface area contributed by atoms with Gasteiger partial charge in [0.05, 0.1) is 22.4 Å². The van der Waals surface area contributed by atoms with Crippen LogP contribution >= 0.6 is 11.3 Å². The Morgan fingerprint density at radius 3 is 1.73 bits per heavy atom. The van der Waals surface area contributed by atoms with Gasteiger partial charge in [-0.25, -0.2) is 9.97 Å². The van der Waals surface area contributed by atoms with Crippen LogP contribution in [0.2, 0.25) is 0 Å². The molecule has 9 aromatic rings. The Labute approximate surface area is 258 Å². The summed E-state index contributed by atoms with van der Waals surface area (Å²) >= 11 is 1.83. The molecule has 44 heavy (non-hydrogen) atoms. The first-order chi connectivity index (χ1) is 21.8. The zero-order chi connectivity index (χ0) is 29.0. The third kappa shape index (κ3) is 3.96. The van der Waals surface area contributed by atoms with Crippen molar-refractivity contribution in [2.75, 3.05) is 0 Å². The molecule has 0 aliphatic carbocycles. The van der Waals surface area contributed by atoms with Crippen LogP contribution in [0.3, 0.4) is 0 Å². The van der Waals surface area contributed by atoms with Crippen LogP contribution < -0.4 is 0 Å². The van der Waals surface area contributed by atoms with Crippen LogP contribution in [-0.4, -0.2) is 14.5 Å². The van der Waals surface area contributed by atoms with Crippen LogP contribution in [0.15, 0.2) is 152 Å².